The monoisotopic (exact) mass is 385 g/mol. The molecule has 3 rings (SSSR count). The van der Waals surface area contributed by atoms with Gasteiger partial charge in [0.05, 0.1) is 0 Å². The summed E-state index contributed by atoms with van der Waals surface area (Å²) in [5.41, 5.74) is 0.875. The first kappa shape index (κ1) is 19.8. The van der Waals surface area contributed by atoms with Crippen LogP contribution in [0.15, 0.2) is 50.5 Å². The zero-order chi connectivity index (χ0) is 19.9. The third-order valence-corrected chi connectivity index (χ3v) is 4.91. The summed E-state index contributed by atoms with van der Waals surface area (Å²) in [5.74, 6) is -0.661. The summed E-state index contributed by atoms with van der Waals surface area (Å²) in [7, 11) is 0. The number of hydrogen-bond donors (Lipinski definition) is 2. The lowest BCUT2D eigenvalue weighted by Crippen LogP contribution is -2.32. The molecule has 2 aromatic rings. The highest BCUT2D eigenvalue weighted by molar-refractivity contribution is 5.81. The molecule has 0 saturated carbocycles. The Labute approximate surface area is 162 Å². The Hall–Kier alpha value is -2.96. The van der Waals surface area contributed by atoms with Gasteiger partial charge in [0.15, 0.2) is 0 Å². The highest BCUT2D eigenvalue weighted by Crippen LogP contribution is 2.21. The number of hydrogen-bond acceptors (Lipinski definition) is 4. The smallest absolute Gasteiger partial charge is 0.331 e. The van der Waals surface area contributed by atoms with Gasteiger partial charge in [0.2, 0.25) is 5.88 Å². The van der Waals surface area contributed by atoms with E-state index in [1.54, 1.807) is 12.1 Å². The van der Waals surface area contributed by atoms with Gasteiger partial charge in [0, 0.05) is 19.3 Å². The van der Waals surface area contributed by atoms with Crippen molar-refractivity contribution in [3.63, 3.8) is 0 Å². The minimum atomic E-state index is -0.666. The minimum Gasteiger partial charge on any atom is -0.494 e. The summed E-state index contributed by atoms with van der Waals surface area (Å²) >= 11 is 0. The number of allylic oxidation sites excluding steroid dienone is 2. The molecule has 0 radical (unpaired) electrons. The highest BCUT2D eigenvalue weighted by Gasteiger charge is 2.13. The molecule has 0 saturated heterocycles. The van der Waals surface area contributed by atoms with Gasteiger partial charge in [-0.05, 0) is 56.2 Å². The molecule has 7 heteroatoms. The van der Waals surface area contributed by atoms with Crippen molar-refractivity contribution in [1.82, 2.24) is 9.55 Å². The average Bonchev–Trinajstić information content (AvgIpc) is 2.69. The van der Waals surface area contributed by atoms with E-state index in [0.717, 1.165) is 24.8 Å². The molecule has 0 bridgehead atoms. The van der Waals surface area contributed by atoms with Gasteiger partial charge in [-0.3, -0.25) is 19.3 Å². The zero-order valence-corrected chi connectivity index (χ0v) is 15.7. The second kappa shape index (κ2) is 9.30. The molecule has 0 atom stereocenters. The fourth-order valence-electron chi connectivity index (χ4n) is 3.29. The van der Waals surface area contributed by atoms with Gasteiger partial charge in [0.1, 0.15) is 11.4 Å². The summed E-state index contributed by atoms with van der Waals surface area (Å²) in [6, 6.07) is 6.12. The van der Waals surface area contributed by atoms with Crippen molar-refractivity contribution >= 4 is 6.21 Å². The van der Waals surface area contributed by atoms with E-state index in [1.165, 1.54) is 34.9 Å². The van der Waals surface area contributed by atoms with E-state index in [1.807, 2.05) is 0 Å². The largest absolute Gasteiger partial charge is 0.494 e. The van der Waals surface area contributed by atoms with Gasteiger partial charge in [-0.1, -0.05) is 23.8 Å². The lowest BCUT2D eigenvalue weighted by Gasteiger charge is -2.14. The Morgan fingerprint density at radius 2 is 1.96 bits per heavy atom. The molecule has 0 fully saturated rings. The first-order valence-electron chi connectivity index (χ1n) is 9.53. The van der Waals surface area contributed by atoms with Crippen LogP contribution >= 0.6 is 0 Å². The second-order valence-electron chi connectivity index (χ2n) is 6.92. The number of aromatic amines is 1. The zero-order valence-electron chi connectivity index (χ0n) is 15.7. The van der Waals surface area contributed by atoms with Crippen LogP contribution in [0.4, 0.5) is 4.39 Å². The van der Waals surface area contributed by atoms with Crippen LogP contribution in [0.5, 0.6) is 5.88 Å². The molecule has 148 valence electrons. The first-order valence-corrected chi connectivity index (χ1v) is 9.53. The maximum atomic E-state index is 12.9. The molecule has 6 nitrogen and oxygen atoms in total. The van der Waals surface area contributed by atoms with Crippen molar-refractivity contribution in [2.24, 2.45) is 4.99 Å². The number of nitrogens with zero attached hydrogens (tertiary/aromatic N) is 2. The van der Waals surface area contributed by atoms with Crippen molar-refractivity contribution in [1.29, 1.82) is 0 Å². The second-order valence-corrected chi connectivity index (χ2v) is 6.92. The van der Waals surface area contributed by atoms with Gasteiger partial charge >= 0.3 is 5.69 Å². The molecule has 1 aromatic heterocycles. The van der Waals surface area contributed by atoms with Crippen LogP contribution in [0.2, 0.25) is 0 Å². The number of H-pyrrole nitrogens is 1. The summed E-state index contributed by atoms with van der Waals surface area (Å²) in [5, 5.41) is 10.4. The fourth-order valence-corrected chi connectivity index (χ4v) is 3.29. The molecule has 28 heavy (non-hydrogen) atoms. The van der Waals surface area contributed by atoms with Crippen molar-refractivity contribution < 1.29 is 9.50 Å². The minimum absolute atomic E-state index is 0.0312. The molecular formula is C21H24FN3O3. The summed E-state index contributed by atoms with van der Waals surface area (Å²) in [4.78, 5) is 30.5. The fraction of sp³-hybridized carbons (Fsp3) is 0.381. The molecule has 1 aromatic carbocycles. The van der Waals surface area contributed by atoms with Crippen molar-refractivity contribution in [3.05, 3.63) is 73.7 Å². The molecule has 0 spiro atoms. The Kier molecular flexibility index (Phi) is 6.57. The van der Waals surface area contributed by atoms with Crippen LogP contribution in [0.25, 0.3) is 0 Å². The highest BCUT2D eigenvalue weighted by atomic mass is 19.1. The lowest BCUT2D eigenvalue weighted by molar-refractivity contribution is 0.398. The summed E-state index contributed by atoms with van der Waals surface area (Å²) in [6.07, 6.45) is 9.10. The summed E-state index contributed by atoms with van der Waals surface area (Å²) in [6.45, 7) is 0.681. The van der Waals surface area contributed by atoms with E-state index >= 15 is 0 Å². The van der Waals surface area contributed by atoms with E-state index in [0.29, 0.717) is 25.9 Å². The van der Waals surface area contributed by atoms with Gasteiger partial charge in [0.25, 0.3) is 5.56 Å². The number of halogens is 1. The van der Waals surface area contributed by atoms with Crippen molar-refractivity contribution in [3.8, 4) is 5.88 Å². The molecule has 2 N–H and O–H groups in total. The molecule has 0 unspecified atom stereocenters. The first-order chi connectivity index (χ1) is 13.5. The maximum absolute atomic E-state index is 12.9. The molecule has 1 aliphatic carbocycles. The van der Waals surface area contributed by atoms with Crippen LogP contribution in [0.3, 0.4) is 0 Å². The number of benzene rings is 1. The Bertz CT molecular complexity index is 987. The lowest BCUT2D eigenvalue weighted by atomic mass is 9.97. The molecule has 0 amide bonds. The molecule has 0 aliphatic heterocycles. The predicted molar refractivity (Wildman–Crippen MR) is 107 cm³/mol. The average molecular weight is 385 g/mol. The number of aliphatic imine (C=N–C) groups is 1. The Balaban J connectivity index is 1.69. The van der Waals surface area contributed by atoms with Crippen LogP contribution in [0, 0.1) is 5.82 Å². The molecular weight excluding hydrogens is 361 g/mol. The third kappa shape index (κ3) is 5.06. The quantitative estimate of drug-likeness (QED) is 0.567. The van der Waals surface area contributed by atoms with Gasteiger partial charge in [-0.15, -0.1) is 0 Å². The van der Waals surface area contributed by atoms with E-state index in [2.05, 4.69) is 16.1 Å². The number of nitrogens with one attached hydrogen (secondary N) is 1. The summed E-state index contributed by atoms with van der Waals surface area (Å²) < 4.78 is 14.1. The van der Waals surface area contributed by atoms with Crippen molar-refractivity contribution in [2.75, 3.05) is 6.54 Å². The molecule has 1 aliphatic rings. The van der Waals surface area contributed by atoms with Crippen LogP contribution in [-0.4, -0.2) is 27.4 Å². The van der Waals surface area contributed by atoms with Crippen LogP contribution in [-0.2, 0) is 13.0 Å². The molecule has 1 heterocycles. The topological polar surface area (TPSA) is 87.5 Å². The van der Waals surface area contributed by atoms with E-state index in [9.17, 15) is 19.1 Å². The van der Waals surface area contributed by atoms with Crippen molar-refractivity contribution in [2.45, 2.75) is 45.1 Å². The SMILES string of the molecule is O=c1[nH]c(=O)n(CCC2=CCCCC2)c(O)c1C=NCCc1ccc(F)cc1. The normalized spacial score (nSPS) is 14.4. The predicted octanol–water partition coefficient (Wildman–Crippen LogP) is 2.93. The number of aromatic hydroxyl groups is 1. The van der Waals surface area contributed by atoms with E-state index < -0.39 is 11.2 Å². The van der Waals surface area contributed by atoms with E-state index in [4.69, 9.17) is 0 Å². The van der Waals surface area contributed by atoms with Crippen LogP contribution < -0.4 is 11.2 Å². The van der Waals surface area contributed by atoms with E-state index in [-0.39, 0.29) is 17.3 Å². The third-order valence-electron chi connectivity index (χ3n) is 4.91. The Morgan fingerprint density at radius 1 is 1.18 bits per heavy atom. The van der Waals surface area contributed by atoms with Gasteiger partial charge in [-0.25, -0.2) is 9.18 Å². The maximum Gasteiger partial charge on any atom is 0.331 e. The van der Waals surface area contributed by atoms with Gasteiger partial charge < -0.3 is 5.11 Å². The standard InChI is InChI=1S/C21H24FN3O3/c22-17-8-6-16(7-9-17)10-12-23-14-18-19(26)24-21(28)25(20(18)27)13-11-15-4-2-1-3-5-15/h4,6-9,14,27H,1-3,5,10-13H2,(H,24,26,28). The Morgan fingerprint density at radius 3 is 2.68 bits per heavy atom. The number of rotatable bonds is 7. The van der Waals surface area contributed by atoms with Crippen LogP contribution in [0.1, 0.15) is 43.2 Å². The number of aromatic nitrogens is 2. The van der Waals surface area contributed by atoms with Gasteiger partial charge in [-0.2, -0.15) is 0 Å².